The van der Waals surface area contributed by atoms with Crippen molar-refractivity contribution in [2.24, 2.45) is 5.92 Å². The maximum absolute atomic E-state index is 15.2. The van der Waals surface area contributed by atoms with Gasteiger partial charge in [-0.15, -0.1) is 0 Å². The molecule has 8 rings (SSSR count). The highest BCUT2D eigenvalue weighted by atomic mass is 19.1. The number of halogens is 2. The van der Waals surface area contributed by atoms with Crippen molar-refractivity contribution in [1.82, 2.24) is 30.1 Å². The average molecular weight is 794 g/mol. The number of hydrogen-bond acceptors (Lipinski definition) is 10. The van der Waals surface area contributed by atoms with Gasteiger partial charge in [-0.2, -0.15) is 0 Å². The first-order chi connectivity index (χ1) is 28.2. The third-order valence-electron chi connectivity index (χ3n) is 12.1. The minimum atomic E-state index is -0.564. The Kier molecular flexibility index (Phi) is 11.8. The van der Waals surface area contributed by atoms with Crippen molar-refractivity contribution in [1.29, 1.82) is 0 Å². The molecule has 0 unspecified atom stereocenters. The van der Waals surface area contributed by atoms with E-state index >= 15 is 4.39 Å². The maximum atomic E-state index is 15.2. The van der Waals surface area contributed by atoms with Crippen LogP contribution in [0.5, 0.6) is 0 Å². The van der Waals surface area contributed by atoms with Crippen LogP contribution < -0.4 is 31.7 Å². The number of anilines is 3. The van der Waals surface area contributed by atoms with E-state index in [2.05, 4.69) is 41.0 Å². The summed E-state index contributed by atoms with van der Waals surface area (Å²) in [6, 6.07) is 16.9. The number of aromatic nitrogens is 3. The number of carbonyl (C=O) groups excluding carboxylic acids is 3. The highest BCUT2D eigenvalue weighted by molar-refractivity contribution is 6.01. The molecule has 2 aromatic heterocycles. The summed E-state index contributed by atoms with van der Waals surface area (Å²) in [4.78, 5) is 62.5. The van der Waals surface area contributed by atoms with Crippen molar-refractivity contribution in [3.63, 3.8) is 0 Å². The van der Waals surface area contributed by atoms with E-state index in [1.165, 1.54) is 22.9 Å². The first-order valence-electron chi connectivity index (χ1n) is 20.4. The van der Waals surface area contributed by atoms with Crippen molar-refractivity contribution >= 4 is 35.0 Å². The van der Waals surface area contributed by atoms with Gasteiger partial charge in [-0.05, 0) is 94.2 Å². The average Bonchev–Trinajstić information content (AvgIpc) is 3.24. The zero-order chi connectivity index (χ0) is 40.2. The van der Waals surface area contributed by atoms with E-state index in [-0.39, 0.29) is 59.2 Å². The van der Waals surface area contributed by atoms with Crippen molar-refractivity contribution < 1.29 is 23.2 Å². The number of imide groups is 1. The van der Waals surface area contributed by atoms with E-state index in [1.807, 2.05) is 0 Å². The summed E-state index contributed by atoms with van der Waals surface area (Å²) in [5.41, 5.74) is 2.17. The summed E-state index contributed by atoms with van der Waals surface area (Å²) in [5, 5.41) is 12.1. The molecule has 3 amide bonds. The normalized spacial score (nSPS) is 24.2. The molecular formula is C43H49F2N9O4. The Hall–Kier alpha value is -5.70. The zero-order valence-corrected chi connectivity index (χ0v) is 32.3. The molecule has 1 atom stereocenters. The van der Waals surface area contributed by atoms with E-state index in [4.69, 9.17) is 0 Å². The maximum Gasteiger partial charge on any atom is 0.255 e. The second kappa shape index (κ2) is 17.4. The summed E-state index contributed by atoms with van der Waals surface area (Å²) in [7, 11) is 0. The van der Waals surface area contributed by atoms with Gasteiger partial charge in [-0.1, -0.05) is 18.2 Å². The van der Waals surface area contributed by atoms with Crippen LogP contribution in [-0.2, 0) is 14.4 Å². The topological polar surface area (TPSA) is 154 Å². The summed E-state index contributed by atoms with van der Waals surface area (Å²) in [6.45, 7) is 3.05. The van der Waals surface area contributed by atoms with E-state index in [0.717, 1.165) is 64.5 Å². The van der Waals surface area contributed by atoms with Crippen molar-refractivity contribution in [2.45, 2.75) is 88.4 Å². The molecule has 15 heteroatoms. The van der Waals surface area contributed by atoms with Crippen LogP contribution in [-0.4, -0.2) is 87.5 Å². The molecule has 2 aliphatic heterocycles. The fourth-order valence-corrected chi connectivity index (χ4v) is 8.88. The third kappa shape index (κ3) is 9.04. The van der Waals surface area contributed by atoms with Gasteiger partial charge in [0.25, 0.3) is 5.56 Å². The van der Waals surface area contributed by atoms with Gasteiger partial charge in [0.2, 0.25) is 23.7 Å². The monoisotopic (exact) mass is 793 g/mol. The first-order valence-corrected chi connectivity index (χ1v) is 20.4. The second-order valence-corrected chi connectivity index (χ2v) is 15.9. The Morgan fingerprint density at radius 1 is 0.776 bits per heavy atom. The van der Waals surface area contributed by atoms with Crippen LogP contribution in [0.15, 0.2) is 77.9 Å². The lowest BCUT2D eigenvalue weighted by Crippen LogP contribution is -2.52. The number of hydrogen-bond donors (Lipinski definition) is 4. The van der Waals surface area contributed by atoms with Gasteiger partial charge in [0.1, 0.15) is 17.6 Å². The third-order valence-corrected chi connectivity index (χ3v) is 12.1. The molecule has 0 spiro atoms. The second-order valence-electron chi connectivity index (χ2n) is 15.9. The highest BCUT2D eigenvalue weighted by Gasteiger charge is 2.33. The minimum Gasteiger partial charge on any atom is -0.374 e. The number of amides is 3. The molecule has 4 heterocycles. The molecule has 2 aliphatic carbocycles. The van der Waals surface area contributed by atoms with Crippen LogP contribution >= 0.6 is 0 Å². The van der Waals surface area contributed by atoms with E-state index in [1.54, 1.807) is 54.7 Å². The molecule has 2 saturated heterocycles. The highest BCUT2D eigenvalue weighted by Crippen LogP contribution is 2.32. The standard InChI is InChI=1S/C43H49F2N9O4/c44-34-25-31(47-36-16-18-38(55)50-42(36)58)13-17-37(34)53-22-20-52(21-23-53)32-14-7-27(8-15-32)41(57)48-29-9-11-30(12-10-29)49-43-46-26-35(45)40(51-43)28-4-3-5-33(24-28)54-19-2-1-6-39(54)56/h1-6,13,17,19,24-27,29-30,32,36,47H,7-12,14-16,18,20-23H2,(H,48,57)(H,46,49,51)(H,50,55,58)/t27-,29?,30?,32-,36-/m1/s1. The molecule has 13 nitrogen and oxygen atoms in total. The van der Waals surface area contributed by atoms with E-state index in [0.29, 0.717) is 54.1 Å². The van der Waals surface area contributed by atoms with E-state index in [9.17, 15) is 23.6 Å². The molecular weight excluding hydrogens is 745 g/mol. The first kappa shape index (κ1) is 39.1. The Balaban J connectivity index is 0.760. The van der Waals surface area contributed by atoms with Crippen molar-refractivity contribution in [3.8, 4) is 16.9 Å². The fourth-order valence-electron chi connectivity index (χ4n) is 8.88. The number of benzene rings is 2. The van der Waals surface area contributed by atoms with Gasteiger partial charge in [-0.3, -0.25) is 34.0 Å². The summed E-state index contributed by atoms with van der Waals surface area (Å²) in [6.07, 6.45) is 10.4. The molecule has 2 saturated carbocycles. The van der Waals surface area contributed by atoms with Crippen LogP contribution in [0.1, 0.15) is 64.2 Å². The molecule has 0 bridgehead atoms. The Morgan fingerprint density at radius 2 is 1.55 bits per heavy atom. The number of pyridine rings is 1. The van der Waals surface area contributed by atoms with Crippen LogP contribution in [0.4, 0.5) is 26.1 Å². The lowest BCUT2D eigenvalue weighted by molar-refractivity contribution is -0.133. The van der Waals surface area contributed by atoms with Gasteiger partial charge in [-0.25, -0.2) is 18.7 Å². The van der Waals surface area contributed by atoms with E-state index < -0.39 is 11.9 Å². The van der Waals surface area contributed by atoms with Crippen molar-refractivity contribution in [3.05, 3.63) is 95.0 Å². The summed E-state index contributed by atoms with van der Waals surface area (Å²) in [5.74, 6) is -1.10. The molecule has 4 aromatic rings. The zero-order valence-electron chi connectivity index (χ0n) is 32.3. The van der Waals surface area contributed by atoms with Gasteiger partial charge in [0.15, 0.2) is 5.82 Å². The molecule has 4 aliphatic rings. The number of rotatable bonds is 10. The molecule has 304 valence electrons. The molecule has 2 aromatic carbocycles. The number of piperazine rings is 1. The number of carbonyl (C=O) groups is 3. The Morgan fingerprint density at radius 3 is 2.29 bits per heavy atom. The number of nitrogens with zero attached hydrogens (tertiary/aromatic N) is 5. The lowest BCUT2D eigenvalue weighted by Gasteiger charge is -2.42. The molecule has 4 N–H and O–H groups in total. The van der Waals surface area contributed by atoms with Gasteiger partial charge in [0.05, 0.1) is 11.9 Å². The Labute approximate surface area is 335 Å². The summed E-state index contributed by atoms with van der Waals surface area (Å²) < 4.78 is 31.7. The van der Waals surface area contributed by atoms with Crippen LogP contribution in [0.3, 0.4) is 0 Å². The molecule has 58 heavy (non-hydrogen) atoms. The Bertz CT molecular complexity index is 2190. The SMILES string of the molecule is O=C1CC[C@@H](Nc2ccc(N3CCN([C@H]4CC[C@H](C(=O)NC5CCC(Nc6ncc(F)c(-c7cccc(-n8ccccc8=O)c7)n6)CC5)CC4)CC3)c(F)c2)C(=O)N1. The smallest absolute Gasteiger partial charge is 0.255 e. The molecule has 4 fully saturated rings. The van der Waals surface area contributed by atoms with Crippen LogP contribution in [0, 0.1) is 17.6 Å². The minimum absolute atomic E-state index is 0.000148. The quantitative estimate of drug-likeness (QED) is 0.161. The predicted molar refractivity (Wildman–Crippen MR) is 217 cm³/mol. The number of nitrogens with one attached hydrogen (secondary N) is 4. The van der Waals surface area contributed by atoms with Crippen molar-refractivity contribution in [2.75, 3.05) is 41.7 Å². The van der Waals surface area contributed by atoms with Crippen LogP contribution in [0.25, 0.3) is 16.9 Å². The van der Waals surface area contributed by atoms with Gasteiger partial charge < -0.3 is 20.9 Å². The van der Waals surface area contributed by atoms with Gasteiger partial charge in [0, 0.05) is 85.8 Å². The lowest BCUT2D eigenvalue weighted by atomic mass is 9.83. The fraction of sp³-hybridized carbons (Fsp3) is 0.442. The molecule has 0 radical (unpaired) electrons. The number of piperidine rings is 1. The predicted octanol–water partition coefficient (Wildman–Crippen LogP) is 5.01. The largest absolute Gasteiger partial charge is 0.374 e. The van der Waals surface area contributed by atoms with Gasteiger partial charge >= 0.3 is 0 Å². The van der Waals surface area contributed by atoms with Crippen LogP contribution in [0.2, 0.25) is 0 Å². The summed E-state index contributed by atoms with van der Waals surface area (Å²) >= 11 is 0.